The van der Waals surface area contributed by atoms with E-state index >= 15 is 0 Å². The molecule has 0 radical (unpaired) electrons. The molecule has 0 atom stereocenters. The minimum Gasteiger partial charge on any atom is -0.398 e. The topological polar surface area (TPSA) is 29.3 Å². The molecule has 0 fully saturated rings. The first-order valence-corrected chi connectivity index (χ1v) is 27.0. The number of benzene rings is 12. The second-order valence-corrected chi connectivity index (χ2v) is 19.9. The minimum atomic E-state index is 0.215. The van der Waals surface area contributed by atoms with Gasteiger partial charge < -0.3 is 10.6 Å². The molecule has 3 heteroatoms. The third kappa shape index (κ3) is 11.1. The van der Waals surface area contributed by atoms with E-state index in [2.05, 4.69) is 276 Å². The van der Waals surface area contributed by atoms with Gasteiger partial charge >= 0.3 is 0 Å². The largest absolute Gasteiger partial charge is 0.398 e. The third-order valence-electron chi connectivity index (χ3n) is 14.3. The number of hydrogen-bond acceptors (Lipinski definition) is 2. The Labute approximate surface area is 462 Å². The average Bonchev–Trinajstić information content (AvgIpc) is 3.66. The standard InChI is InChI=1S/C25H17N.C25H20.C12H9Br.C12H11N/c1-3-13-21-17(9-1)19-11-5-7-15-23(19)26-24-16-8-6-12-20(24)18-10-2-4-14-22(18)25(21)26;1-3-11-20(12-4-1)24-17-9-7-15-22(24)19-23-16-8-10-18-25(23)21-13-5-2-6-14-21;2*13-12-9-5-4-8-11(12)10-6-2-1-3-7-10/h1-16,25H;1-18H,19H2;1-9H;1-9H,13H2. The molecule has 2 heterocycles. The van der Waals surface area contributed by atoms with Crippen molar-refractivity contribution in [2.45, 2.75) is 12.5 Å². The number of para-hydroxylation sites is 3. The summed E-state index contributed by atoms with van der Waals surface area (Å²) in [6.07, 6.45) is 0.927. The Kier molecular flexibility index (Phi) is 15.5. The maximum atomic E-state index is 5.85. The predicted octanol–water partition coefficient (Wildman–Crippen LogP) is 20.2. The van der Waals surface area contributed by atoms with Crippen molar-refractivity contribution in [2.75, 3.05) is 10.6 Å². The number of nitrogens with two attached hydrogens (primary N) is 1. The summed E-state index contributed by atoms with van der Waals surface area (Å²) in [5, 5.41) is 0. The summed E-state index contributed by atoms with van der Waals surface area (Å²) in [4.78, 5) is 2.52. The van der Waals surface area contributed by atoms with Gasteiger partial charge in [-0.25, -0.2) is 0 Å². The monoisotopic (exact) mass is 1050 g/mol. The van der Waals surface area contributed by atoms with Crippen molar-refractivity contribution in [3.63, 3.8) is 0 Å². The van der Waals surface area contributed by atoms with Crippen LogP contribution in [0.4, 0.5) is 17.1 Å². The van der Waals surface area contributed by atoms with Crippen LogP contribution < -0.4 is 10.6 Å². The molecule has 14 rings (SSSR count). The zero-order valence-electron chi connectivity index (χ0n) is 42.7. The minimum absolute atomic E-state index is 0.215. The maximum absolute atomic E-state index is 5.85. The number of halogens is 1. The molecule has 2 N–H and O–H groups in total. The lowest BCUT2D eigenvalue weighted by atomic mass is 9.79. The lowest BCUT2D eigenvalue weighted by Crippen LogP contribution is -2.32. The number of fused-ring (bicyclic) bond motifs is 11. The van der Waals surface area contributed by atoms with E-state index in [1.54, 1.807) is 0 Å². The van der Waals surface area contributed by atoms with Crippen molar-refractivity contribution >= 4 is 33.0 Å². The highest BCUT2D eigenvalue weighted by molar-refractivity contribution is 9.10. The summed E-state index contributed by atoms with van der Waals surface area (Å²) in [5.74, 6) is 0. The molecule has 0 aromatic heterocycles. The molecule has 0 spiro atoms. The lowest BCUT2D eigenvalue weighted by molar-refractivity contribution is 0.802. The van der Waals surface area contributed by atoms with Crippen LogP contribution in [0, 0.1) is 0 Å². The van der Waals surface area contributed by atoms with E-state index in [4.69, 9.17) is 5.73 Å². The third-order valence-corrected chi connectivity index (χ3v) is 15.0. The van der Waals surface area contributed by atoms with Gasteiger partial charge in [-0.15, -0.1) is 0 Å². The second kappa shape index (κ2) is 23.9. The molecule has 0 aliphatic carbocycles. The first-order chi connectivity index (χ1) is 38.1. The molecule has 2 aliphatic heterocycles. The van der Waals surface area contributed by atoms with Crippen molar-refractivity contribution in [2.24, 2.45) is 0 Å². The predicted molar refractivity (Wildman–Crippen MR) is 330 cm³/mol. The molecule has 2 nitrogen and oxygen atoms in total. The van der Waals surface area contributed by atoms with E-state index in [1.165, 1.54) is 94.8 Å². The van der Waals surface area contributed by atoms with Gasteiger partial charge in [-0.3, -0.25) is 0 Å². The van der Waals surface area contributed by atoms with E-state index in [1.807, 2.05) is 60.7 Å². The summed E-state index contributed by atoms with van der Waals surface area (Å²) >= 11 is 3.53. The van der Waals surface area contributed by atoms with Crippen LogP contribution in [0.25, 0.3) is 66.8 Å². The molecule has 2 aliphatic rings. The van der Waals surface area contributed by atoms with Crippen LogP contribution in [-0.4, -0.2) is 0 Å². The molecule has 77 heavy (non-hydrogen) atoms. The Morgan fingerprint density at radius 3 is 1.00 bits per heavy atom. The summed E-state index contributed by atoms with van der Waals surface area (Å²) in [6, 6.07) is 111. The number of anilines is 3. The Bertz CT molecular complexity index is 3530. The van der Waals surface area contributed by atoms with E-state index in [0.717, 1.165) is 22.1 Å². The van der Waals surface area contributed by atoms with Gasteiger partial charge in [0.2, 0.25) is 0 Å². The van der Waals surface area contributed by atoms with Crippen molar-refractivity contribution in [1.82, 2.24) is 0 Å². The number of hydrogen-bond donors (Lipinski definition) is 1. The SMILES string of the molecule is Brc1ccccc1-c1ccccc1.Nc1ccccc1-c1ccccc1.c1ccc(-c2ccccc2Cc2ccccc2-c2ccccc2)cc1.c1ccc2c(c1)-c1ccccc1N1c3ccccc3-c3ccccc3C21. The average molecular weight is 1050 g/mol. The van der Waals surface area contributed by atoms with Crippen molar-refractivity contribution in [3.05, 3.63) is 342 Å². The van der Waals surface area contributed by atoms with E-state index in [-0.39, 0.29) is 6.04 Å². The zero-order chi connectivity index (χ0) is 52.2. The summed E-state index contributed by atoms with van der Waals surface area (Å²) in [7, 11) is 0. The fraction of sp³-hybridized carbons (Fsp3) is 0.0270. The highest BCUT2D eigenvalue weighted by Crippen LogP contribution is 2.56. The second-order valence-electron chi connectivity index (χ2n) is 19.0. The normalized spacial score (nSPS) is 11.5. The van der Waals surface area contributed by atoms with Gasteiger partial charge in [0.05, 0.1) is 6.04 Å². The van der Waals surface area contributed by atoms with Crippen LogP contribution in [0.15, 0.2) is 320 Å². The van der Waals surface area contributed by atoms with Crippen molar-refractivity contribution < 1.29 is 0 Å². The highest BCUT2D eigenvalue weighted by Gasteiger charge is 2.38. The van der Waals surface area contributed by atoms with E-state index in [0.29, 0.717) is 0 Å². The molecule has 0 bridgehead atoms. The Morgan fingerprint density at radius 2 is 0.571 bits per heavy atom. The van der Waals surface area contributed by atoms with Crippen molar-refractivity contribution in [3.8, 4) is 66.8 Å². The highest BCUT2D eigenvalue weighted by atomic mass is 79.9. The van der Waals surface area contributed by atoms with Gasteiger partial charge in [-0.2, -0.15) is 0 Å². The van der Waals surface area contributed by atoms with Crippen LogP contribution in [-0.2, 0) is 6.42 Å². The first kappa shape index (κ1) is 49.9. The molecule has 12 aromatic carbocycles. The molecule has 0 saturated carbocycles. The lowest BCUT2D eigenvalue weighted by Gasteiger charge is -2.45. The van der Waals surface area contributed by atoms with Gasteiger partial charge in [0.25, 0.3) is 0 Å². The summed E-state index contributed by atoms with van der Waals surface area (Å²) < 4.78 is 1.14. The fourth-order valence-electron chi connectivity index (χ4n) is 10.7. The van der Waals surface area contributed by atoms with Crippen LogP contribution >= 0.6 is 15.9 Å². The van der Waals surface area contributed by atoms with Crippen LogP contribution in [0.1, 0.15) is 28.3 Å². The first-order valence-electron chi connectivity index (χ1n) is 26.2. The summed E-state index contributed by atoms with van der Waals surface area (Å²) in [6.45, 7) is 0. The quantitative estimate of drug-likeness (QED) is 0.168. The van der Waals surface area contributed by atoms with E-state index in [9.17, 15) is 0 Å². The van der Waals surface area contributed by atoms with Crippen molar-refractivity contribution in [1.29, 1.82) is 0 Å². The Morgan fingerprint density at radius 1 is 0.273 bits per heavy atom. The number of nitrogens with zero attached hydrogens (tertiary/aromatic N) is 1. The molecule has 370 valence electrons. The molecular formula is C74H57BrN2. The number of rotatable bonds is 6. The number of nitrogen functional groups attached to an aromatic ring is 1. The van der Waals surface area contributed by atoms with Crippen LogP contribution in [0.5, 0.6) is 0 Å². The molecule has 0 amide bonds. The van der Waals surface area contributed by atoms with Gasteiger partial charge in [0.1, 0.15) is 0 Å². The molecular weight excluding hydrogens is 997 g/mol. The molecule has 0 saturated heterocycles. The van der Waals surface area contributed by atoms with Gasteiger partial charge in [0.15, 0.2) is 0 Å². The van der Waals surface area contributed by atoms with Crippen LogP contribution in [0.3, 0.4) is 0 Å². The summed E-state index contributed by atoms with van der Waals surface area (Å²) in [5.41, 5.74) is 30.0. The Hall–Kier alpha value is -9.28. The van der Waals surface area contributed by atoms with Crippen LogP contribution in [0.2, 0.25) is 0 Å². The Balaban J connectivity index is 0.000000115. The molecule has 12 aromatic rings. The van der Waals surface area contributed by atoms with E-state index < -0.39 is 0 Å². The van der Waals surface area contributed by atoms with Gasteiger partial charge in [-0.05, 0) is 103 Å². The smallest absolute Gasteiger partial charge is 0.0857 e. The van der Waals surface area contributed by atoms with Gasteiger partial charge in [0, 0.05) is 38.2 Å². The van der Waals surface area contributed by atoms with Gasteiger partial charge in [-0.1, -0.05) is 307 Å². The fourth-order valence-corrected chi connectivity index (χ4v) is 11.2. The molecule has 0 unspecified atom stereocenters. The maximum Gasteiger partial charge on any atom is 0.0857 e. The zero-order valence-corrected chi connectivity index (χ0v) is 44.3.